The molecule has 4 unspecified atom stereocenters. The molecule has 1 aromatic rings. The highest BCUT2D eigenvalue weighted by atomic mass is 19.3. The van der Waals surface area contributed by atoms with Crippen LogP contribution in [0.25, 0.3) is 0 Å². The minimum absolute atomic E-state index is 0.0229. The quantitative estimate of drug-likeness (QED) is 0.750. The molecule has 1 fully saturated rings. The Bertz CT molecular complexity index is 744. The highest BCUT2D eigenvalue weighted by Gasteiger charge is 2.34. The molecule has 2 heterocycles. The first-order valence-electron chi connectivity index (χ1n) is 9.26. The zero-order valence-corrected chi connectivity index (χ0v) is 15.0. The highest BCUT2D eigenvalue weighted by molar-refractivity contribution is 5.79. The van der Waals surface area contributed by atoms with Crippen LogP contribution in [0.3, 0.4) is 0 Å². The monoisotopic (exact) mass is 379 g/mol. The molecule has 0 spiro atoms. The number of nitrogens with zero attached hydrogens (tertiary/aromatic N) is 2. The van der Waals surface area contributed by atoms with Gasteiger partial charge in [0.25, 0.3) is 6.43 Å². The van der Waals surface area contributed by atoms with Crippen molar-refractivity contribution < 1.29 is 18.4 Å². The standard InChI is InChI=1S/C18H23F2N5O2/c1-9-6-12(8-21-24-9)17(26)22-14-5-3-10-7-11(2-4-13(10)14)16-23-18(15(19)20)27-25-16/h2,4,7,9,12,14-16,18,23,25H,3,5-6,8H2,1H3,(H,22,26)/t9?,12?,14-,16?,18?/m1/s1. The maximum Gasteiger partial charge on any atom is 0.279 e. The summed E-state index contributed by atoms with van der Waals surface area (Å²) in [6.45, 7) is 2.40. The molecule has 0 radical (unpaired) electrons. The van der Waals surface area contributed by atoms with Gasteiger partial charge in [0.15, 0.2) is 6.23 Å². The summed E-state index contributed by atoms with van der Waals surface area (Å²) in [5.41, 5.74) is 5.65. The largest absolute Gasteiger partial charge is 0.349 e. The van der Waals surface area contributed by atoms with E-state index in [0.29, 0.717) is 6.54 Å². The number of carbonyl (C=O) groups excluding carboxylic acids is 1. The maximum atomic E-state index is 12.7. The van der Waals surface area contributed by atoms with Crippen molar-refractivity contribution in [2.75, 3.05) is 6.54 Å². The number of hydrogen-bond acceptors (Lipinski definition) is 6. The van der Waals surface area contributed by atoms with Crippen LogP contribution in [0.2, 0.25) is 0 Å². The molecule has 146 valence electrons. The molecule has 9 heteroatoms. The van der Waals surface area contributed by atoms with Crippen LogP contribution in [-0.2, 0) is 16.1 Å². The normalized spacial score (nSPS) is 32.7. The van der Waals surface area contributed by atoms with E-state index < -0.39 is 18.8 Å². The first kappa shape index (κ1) is 18.4. The molecule has 5 atom stereocenters. The molecular weight excluding hydrogens is 356 g/mol. The topological polar surface area (TPSA) is 87.1 Å². The number of amides is 1. The average Bonchev–Trinajstić information content (AvgIpc) is 3.29. The predicted octanol–water partition coefficient (Wildman–Crippen LogP) is 2.36. The van der Waals surface area contributed by atoms with E-state index in [1.807, 2.05) is 25.1 Å². The van der Waals surface area contributed by atoms with Gasteiger partial charge >= 0.3 is 0 Å². The SMILES string of the molecule is CC1CC(C(=O)N[C@@H]2CCc3cc(C4NOC(C(F)F)N4)ccc32)CN=N1. The predicted molar refractivity (Wildman–Crippen MR) is 92.8 cm³/mol. The van der Waals surface area contributed by atoms with Gasteiger partial charge in [-0.15, -0.1) is 0 Å². The molecule has 1 saturated heterocycles. The Labute approximate surface area is 155 Å². The summed E-state index contributed by atoms with van der Waals surface area (Å²) < 4.78 is 25.4. The number of fused-ring (bicyclic) bond motifs is 1. The lowest BCUT2D eigenvalue weighted by atomic mass is 9.98. The summed E-state index contributed by atoms with van der Waals surface area (Å²) in [6.07, 6.45) is -2.00. The van der Waals surface area contributed by atoms with Crippen LogP contribution in [0.4, 0.5) is 8.78 Å². The van der Waals surface area contributed by atoms with Crippen molar-refractivity contribution in [2.24, 2.45) is 16.1 Å². The van der Waals surface area contributed by atoms with E-state index in [1.165, 1.54) is 0 Å². The molecule has 7 nitrogen and oxygen atoms in total. The number of hydroxylamine groups is 1. The van der Waals surface area contributed by atoms with Gasteiger partial charge in [-0.05, 0) is 42.9 Å². The second-order valence-electron chi connectivity index (χ2n) is 7.37. The van der Waals surface area contributed by atoms with Gasteiger partial charge in [0.05, 0.1) is 24.5 Å². The van der Waals surface area contributed by atoms with Crippen LogP contribution < -0.4 is 16.1 Å². The molecule has 2 aliphatic heterocycles. The fraction of sp³-hybridized carbons (Fsp3) is 0.611. The smallest absolute Gasteiger partial charge is 0.279 e. The lowest BCUT2D eigenvalue weighted by Crippen LogP contribution is -2.37. The molecule has 1 aromatic carbocycles. The van der Waals surface area contributed by atoms with Crippen molar-refractivity contribution in [3.8, 4) is 0 Å². The number of aryl methyl sites for hydroxylation is 1. The van der Waals surface area contributed by atoms with E-state index >= 15 is 0 Å². The first-order valence-corrected chi connectivity index (χ1v) is 9.26. The second kappa shape index (κ2) is 7.57. The fourth-order valence-corrected chi connectivity index (χ4v) is 3.93. The number of azo groups is 1. The van der Waals surface area contributed by atoms with E-state index in [4.69, 9.17) is 4.84 Å². The van der Waals surface area contributed by atoms with Gasteiger partial charge < -0.3 is 5.32 Å². The molecular formula is C18H23F2N5O2. The van der Waals surface area contributed by atoms with Gasteiger partial charge in [0, 0.05) is 0 Å². The zero-order chi connectivity index (χ0) is 19.0. The van der Waals surface area contributed by atoms with Gasteiger partial charge in [0.2, 0.25) is 5.91 Å². The van der Waals surface area contributed by atoms with Gasteiger partial charge in [-0.25, -0.2) is 8.78 Å². The van der Waals surface area contributed by atoms with Gasteiger partial charge in [0.1, 0.15) is 6.17 Å². The number of carbonyl (C=O) groups is 1. The molecule has 4 rings (SSSR count). The average molecular weight is 379 g/mol. The van der Waals surface area contributed by atoms with E-state index in [-0.39, 0.29) is 23.9 Å². The molecule has 1 amide bonds. The summed E-state index contributed by atoms with van der Waals surface area (Å²) in [6, 6.07) is 5.89. The molecule has 3 aliphatic rings. The summed E-state index contributed by atoms with van der Waals surface area (Å²) in [7, 11) is 0. The number of benzene rings is 1. The van der Waals surface area contributed by atoms with Gasteiger partial charge in [-0.1, -0.05) is 18.2 Å². The van der Waals surface area contributed by atoms with Crippen LogP contribution in [0, 0.1) is 5.92 Å². The van der Waals surface area contributed by atoms with Crippen LogP contribution in [0.5, 0.6) is 0 Å². The summed E-state index contributed by atoms with van der Waals surface area (Å²) in [4.78, 5) is 17.4. The Morgan fingerprint density at radius 2 is 2.26 bits per heavy atom. The van der Waals surface area contributed by atoms with Crippen molar-refractivity contribution >= 4 is 5.91 Å². The van der Waals surface area contributed by atoms with Crippen LogP contribution in [0.1, 0.15) is 48.7 Å². The number of nitrogens with one attached hydrogen (secondary N) is 3. The van der Waals surface area contributed by atoms with Crippen LogP contribution in [0.15, 0.2) is 28.4 Å². The molecule has 0 saturated carbocycles. The Kier molecular flexibility index (Phi) is 5.16. The lowest BCUT2D eigenvalue weighted by Gasteiger charge is -2.23. The molecule has 3 N–H and O–H groups in total. The van der Waals surface area contributed by atoms with E-state index in [2.05, 4.69) is 26.3 Å². The number of rotatable bonds is 4. The molecule has 0 bridgehead atoms. The highest BCUT2D eigenvalue weighted by Crippen LogP contribution is 2.34. The Hall–Kier alpha value is -1.97. The lowest BCUT2D eigenvalue weighted by molar-refractivity contribution is -0.126. The van der Waals surface area contributed by atoms with Gasteiger partial charge in [-0.2, -0.15) is 15.7 Å². The van der Waals surface area contributed by atoms with Crippen molar-refractivity contribution in [1.82, 2.24) is 16.1 Å². The van der Waals surface area contributed by atoms with Crippen molar-refractivity contribution in [1.29, 1.82) is 0 Å². The Morgan fingerprint density at radius 3 is 3.00 bits per heavy atom. The molecule has 27 heavy (non-hydrogen) atoms. The minimum atomic E-state index is -2.60. The minimum Gasteiger partial charge on any atom is -0.349 e. The van der Waals surface area contributed by atoms with E-state index in [9.17, 15) is 13.6 Å². The molecule has 1 aliphatic carbocycles. The van der Waals surface area contributed by atoms with E-state index in [0.717, 1.165) is 36.0 Å². The van der Waals surface area contributed by atoms with Crippen LogP contribution in [-0.4, -0.2) is 31.1 Å². The number of hydrogen-bond donors (Lipinski definition) is 3. The van der Waals surface area contributed by atoms with Crippen molar-refractivity contribution in [3.63, 3.8) is 0 Å². The van der Waals surface area contributed by atoms with Crippen molar-refractivity contribution in [3.05, 3.63) is 34.9 Å². The third-order valence-corrected chi connectivity index (χ3v) is 5.34. The second-order valence-corrected chi connectivity index (χ2v) is 7.37. The van der Waals surface area contributed by atoms with E-state index in [1.54, 1.807) is 0 Å². The summed E-state index contributed by atoms with van der Waals surface area (Å²) >= 11 is 0. The summed E-state index contributed by atoms with van der Waals surface area (Å²) in [5.74, 6) is -0.106. The third kappa shape index (κ3) is 3.85. The third-order valence-electron chi connectivity index (χ3n) is 5.34. The fourth-order valence-electron chi connectivity index (χ4n) is 3.93. The maximum absolute atomic E-state index is 12.7. The van der Waals surface area contributed by atoms with Crippen molar-refractivity contribution in [2.45, 2.75) is 57.1 Å². The number of alkyl halides is 2. The summed E-state index contributed by atoms with van der Waals surface area (Å²) in [5, 5.41) is 14.0. The van der Waals surface area contributed by atoms with Crippen LogP contribution >= 0.6 is 0 Å². The molecule has 0 aromatic heterocycles. The Balaban J connectivity index is 1.41. The zero-order valence-electron chi connectivity index (χ0n) is 15.0. The van der Waals surface area contributed by atoms with Gasteiger partial charge in [-0.3, -0.25) is 14.9 Å². The number of halogens is 2. The Morgan fingerprint density at radius 1 is 1.41 bits per heavy atom. The first-order chi connectivity index (χ1) is 13.0.